The molecule has 0 rings (SSSR count). The Morgan fingerprint density at radius 3 is 2.75 bits per heavy atom. The fraction of sp³-hybridized carbons (Fsp3) is 0.917. The normalized spacial score (nSPS) is 12.4. The number of ether oxygens (including phenoxy) is 1. The number of methoxy groups -OCH3 is 1. The molecule has 4 nitrogen and oxygen atoms in total. The molecule has 0 bridgehead atoms. The van der Waals surface area contributed by atoms with Crippen molar-refractivity contribution in [3.63, 3.8) is 0 Å². The predicted molar refractivity (Wildman–Crippen MR) is 66.5 cm³/mol. The molecule has 0 fully saturated rings. The lowest BCUT2D eigenvalue weighted by Gasteiger charge is -2.13. The Morgan fingerprint density at radius 1 is 1.38 bits per heavy atom. The molecule has 4 heteroatoms. The van der Waals surface area contributed by atoms with Crippen LogP contribution in [0.15, 0.2) is 0 Å². The standard InChI is InChI=1S/C12H26N2O2/c1-4-5-6-7-11(2)14-12(15)10-13-8-9-16-3/h11,13H,4-10H2,1-3H3,(H,14,15). The average Bonchev–Trinajstić information content (AvgIpc) is 2.25. The second-order valence-corrected chi connectivity index (χ2v) is 4.13. The van der Waals surface area contributed by atoms with Crippen molar-refractivity contribution in [1.29, 1.82) is 0 Å². The van der Waals surface area contributed by atoms with Crippen molar-refractivity contribution in [2.75, 3.05) is 26.8 Å². The van der Waals surface area contributed by atoms with Crippen LogP contribution in [0.2, 0.25) is 0 Å². The minimum atomic E-state index is 0.0695. The predicted octanol–water partition coefficient (Wildman–Crippen LogP) is 1.31. The van der Waals surface area contributed by atoms with Gasteiger partial charge in [0.2, 0.25) is 5.91 Å². The summed E-state index contributed by atoms with van der Waals surface area (Å²) in [5.74, 6) is 0.0695. The monoisotopic (exact) mass is 230 g/mol. The van der Waals surface area contributed by atoms with Crippen LogP contribution in [0.4, 0.5) is 0 Å². The molecule has 0 aromatic rings. The van der Waals surface area contributed by atoms with Gasteiger partial charge in [0, 0.05) is 19.7 Å². The molecular formula is C12H26N2O2. The molecule has 2 N–H and O–H groups in total. The van der Waals surface area contributed by atoms with Gasteiger partial charge >= 0.3 is 0 Å². The lowest BCUT2D eigenvalue weighted by atomic mass is 10.1. The number of carbonyl (C=O) groups is 1. The molecule has 1 amide bonds. The van der Waals surface area contributed by atoms with E-state index in [0.29, 0.717) is 19.7 Å². The highest BCUT2D eigenvalue weighted by Gasteiger charge is 2.05. The summed E-state index contributed by atoms with van der Waals surface area (Å²) in [4.78, 5) is 11.4. The molecule has 0 saturated heterocycles. The molecule has 1 atom stereocenters. The van der Waals surface area contributed by atoms with Crippen LogP contribution in [0.25, 0.3) is 0 Å². The molecular weight excluding hydrogens is 204 g/mol. The Morgan fingerprint density at radius 2 is 2.12 bits per heavy atom. The van der Waals surface area contributed by atoms with Gasteiger partial charge in [-0.2, -0.15) is 0 Å². The number of amides is 1. The first-order valence-electron chi connectivity index (χ1n) is 6.19. The number of hydrogen-bond acceptors (Lipinski definition) is 3. The topological polar surface area (TPSA) is 50.4 Å². The van der Waals surface area contributed by atoms with Crippen LogP contribution in [0.3, 0.4) is 0 Å². The molecule has 0 heterocycles. The summed E-state index contributed by atoms with van der Waals surface area (Å²) in [6.07, 6.45) is 4.72. The first-order chi connectivity index (χ1) is 7.70. The van der Waals surface area contributed by atoms with E-state index in [1.165, 1.54) is 19.3 Å². The molecule has 1 unspecified atom stereocenters. The van der Waals surface area contributed by atoms with E-state index in [1.807, 2.05) is 0 Å². The van der Waals surface area contributed by atoms with Crippen LogP contribution in [-0.4, -0.2) is 38.8 Å². The third kappa shape index (κ3) is 9.93. The zero-order valence-corrected chi connectivity index (χ0v) is 10.8. The minimum absolute atomic E-state index is 0.0695. The van der Waals surface area contributed by atoms with Crippen molar-refractivity contribution in [2.45, 2.75) is 45.6 Å². The van der Waals surface area contributed by atoms with Crippen LogP contribution in [-0.2, 0) is 9.53 Å². The molecule has 0 radical (unpaired) electrons. The summed E-state index contributed by atoms with van der Waals surface area (Å²) in [7, 11) is 1.65. The van der Waals surface area contributed by atoms with Gasteiger partial charge in [-0.1, -0.05) is 26.2 Å². The van der Waals surface area contributed by atoms with Gasteiger partial charge in [0.15, 0.2) is 0 Å². The second-order valence-electron chi connectivity index (χ2n) is 4.13. The van der Waals surface area contributed by atoms with Gasteiger partial charge in [0.05, 0.1) is 13.2 Å². The summed E-state index contributed by atoms with van der Waals surface area (Å²) >= 11 is 0. The fourth-order valence-electron chi connectivity index (χ4n) is 1.47. The van der Waals surface area contributed by atoms with Crippen LogP contribution < -0.4 is 10.6 Å². The molecule has 0 saturated carbocycles. The van der Waals surface area contributed by atoms with Crippen LogP contribution in [0, 0.1) is 0 Å². The smallest absolute Gasteiger partial charge is 0.234 e. The summed E-state index contributed by atoms with van der Waals surface area (Å²) in [6, 6.07) is 0.281. The first-order valence-corrected chi connectivity index (χ1v) is 6.19. The minimum Gasteiger partial charge on any atom is -0.383 e. The second kappa shape index (κ2) is 10.9. The van der Waals surface area contributed by atoms with Gasteiger partial charge in [-0.05, 0) is 13.3 Å². The van der Waals surface area contributed by atoms with Gasteiger partial charge in [0.25, 0.3) is 0 Å². The van der Waals surface area contributed by atoms with E-state index < -0.39 is 0 Å². The fourth-order valence-corrected chi connectivity index (χ4v) is 1.47. The molecule has 0 aromatic carbocycles. The Labute approximate surface area is 99.1 Å². The Balaban J connectivity index is 3.39. The maximum absolute atomic E-state index is 11.4. The average molecular weight is 230 g/mol. The molecule has 96 valence electrons. The summed E-state index contributed by atoms with van der Waals surface area (Å²) in [5.41, 5.74) is 0. The Kier molecular flexibility index (Phi) is 10.5. The third-order valence-electron chi connectivity index (χ3n) is 2.42. The van der Waals surface area contributed by atoms with E-state index >= 15 is 0 Å². The van der Waals surface area contributed by atoms with Gasteiger partial charge < -0.3 is 15.4 Å². The molecule has 0 aliphatic carbocycles. The molecule has 0 spiro atoms. The van der Waals surface area contributed by atoms with Crippen LogP contribution in [0.1, 0.15) is 39.5 Å². The highest BCUT2D eigenvalue weighted by Crippen LogP contribution is 2.02. The maximum Gasteiger partial charge on any atom is 0.234 e. The third-order valence-corrected chi connectivity index (χ3v) is 2.42. The number of hydrogen-bond donors (Lipinski definition) is 2. The highest BCUT2D eigenvalue weighted by atomic mass is 16.5. The number of unbranched alkanes of at least 4 members (excludes halogenated alkanes) is 2. The highest BCUT2D eigenvalue weighted by molar-refractivity contribution is 5.78. The van der Waals surface area contributed by atoms with E-state index in [9.17, 15) is 4.79 Å². The largest absolute Gasteiger partial charge is 0.383 e. The maximum atomic E-state index is 11.4. The van der Waals surface area contributed by atoms with Gasteiger partial charge in [-0.3, -0.25) is 4.79 Å². The van der Waals surface area contributed by atoms with E-state index in [1.54, 1.807) is 7.11 Å². The summed E-state index contributed by atoms with van der Waals surface area (Å²) in [6.45, 7) is 5.97. The summed E-state index contributed by atoms with van der Waals surface area (Å²) < 4.78 is 4.88. The van der Waals surface area contributed by atoms with Crippen molar-refractivity contribution in [1.82, 2.24) is 10.6 Å². The van der Waals surface area contributed by atoms with E-state index in [4.69, 9.17) is 4.74 Å². The molecule has 16 heavy (non-hydrogen) atoms. The molecule has 0 aliphatic heterocycles. The Hall–Kier alpha value is -0.610. The van der Waals surface area contributed by atoms with E-state index in [-0.39, 0.29) is 11.9 Å². The Bertz CT molecular complexity index is 174. The zero-order chi connectivity index (χ0) is 12.2. The van der Waals surface area contributed by atoms with Gasteiger partial charge in [0.1, 0.15) is 0 Å². The lowest BCUT2D eigenvalue weighted by molar-refractivity contribution is -0.120. The number of rotatable bonds is 10. The van der Waals surface area contributed by atoms with Gasteiger partial charge in [-0.25, -0.2) is 0 Å². The number of nitrogens with one attached hydrogen (secondary N) is 2. The SMILES string of the molecule is CCCCCC(C)NC(=O)CNCCOC. The lowest BCUT2D eigenvalue weighted by Crippen LogP contribution is -2.39. The van der Waals surface area contributed by atoms with Gasteiger partial charge in [-0.15, -0.1) is 0 Å². The summed E-state index contributed by atoms with van der Waals surface area (Å²) in [5, 5.41) is 6.00. The quantitative estimate of drug-likeness (QED) is 0.556. The van der Waals surface area contributed by atoms with Crippen molar-refractivity contribution in [3.8, 4) is 0 Å². The van der Waals surface area contributed by atoms with Crippen LogP contribution >= 0.6 is 0 Å². The first kappa shape index (κ1) is 15.4. The van der Waals surface area contributed by atoms with Crippen molar-refractivity contribution in [2.24, 2.45) is 0 Å². The number of carbonyl (C=O) groups excluding carboxylic acids is 1. The van der Waals surface area contributed by atoms with Crippen molar-refractivity contribution >= 4 is 5.91 Å². The van der Waals surface area contributed by atoms with E-state index in [0.717, 1.165) is 6.42 Å². The molecule has 0 aromatic heterocycles. The zero-order valence-electron chi connectivity index (χ0n) is 10.8. The van der Waals surface area contributed by atoms with E-state index in [2.05, 4.69) is 24.5 Å². The van der Waals surface area contributed by atoms with Crippen LogP contribution in [0.5, 0.6) is 0 Å². The van der Waals surface area contributed by atoms with Crippen molar-refractivity contribution < 1.29 is 9.53 Å². The molecule has 0 aliphatic rings. The van der Waals surface area contributed by atoms with Crippen molar-refractivity contribution in [3.05, 3.63) is 0 Å².